The molecule has 0 unspecified atom stereocenters. The molecule has 0 aromatic carbocycles. The largest absolute Gasteiger partial charge is 0.248 e. The highest BCUT2D eigenvalue weighted by Crippen LogP contribution is 1.79. The van der Waals surface area contributed by atoms with Gasteiger partial charge in [-0.25, -0.2) is 9.13 Å². The number of hydrogen-bond acceptors (Lipinski definition) is 0. The molecule has 0 aliphatic heterocycles. The van der Waals surface area contributed by atoms with E-state index in [1.165, 1.54) is 0 Å². The first kappa shape index (κ1) is 7.13. The predicted molar refractivity (Wildman–Crippen MR) is 41.2 cm³/mol. The Hall–Kier alpha value is -0.985. The topological polar surface area (TPSA) is 8.81 Å². The molecule has 1 rings (SSSR count). The zero-order valence-corrected chi connectivity index (χ0v) is 6.12. The van der Waals surface area contributed by atoms with E-state index in [2.05, 4.69) is 6.58 Å². The Morgan fingerprint density at radius 1 is 1.90 bits per heavy atom. The molecule has 0 saturated carbocycles. The number of hydrogen-bond donors (Lipinski definition) is 0. The van der Waals surface area contributed by atoms with E-state index < -0.39 is 0 Å². The highest BCUT2D eigenvalue weighted by atomic mass is 15.1. The third kappa shape index (κ3) is 1.13. The van der Waals surface area contributed by atoms with Gasteiger partial charge < -0.3 is 0 Å². The fourth-order valence-electron chi connectivity index (χ4n) is 0.829. The smallest absolute Gasteiger partial charge is 0.239 e. The quantitative estimate of drug-likeness (QED) is 0.286. The molecule has 0 fully saturated rings. The van der Waals surface area contributed by atoms with Crippen LogP contribution in [0.2, 0.25) is 0 Å². The average molecular weight is 133 g/mol. The highest BCUT2D eigenvalue weighted by molar-refractivity contribution is 6.27. The van der Waals surface area contributed by atoms with E-state index in [1.54, 1.807) is 0 Å². The van der Waals surface area contributed by atoms with Gasteiger partial charge in [-0.2, -0.15) is 0 Å². The Labute approximate surface area is 62.2 Å². The molecule has 0 aliphatic carbocycles. The minimum atomic E-state index is 0.750. The molecule has 1 aromatic heterocycles. The third-order valence-corrected chi connectivity index (χ3v) is 1.45. The molecule has 1 aromatic rings. The lowest BCUT2D eigenvalue weighted by Gasteiger charge is -1.92. The summed E-state index contributed by atoms with van der Waals surface area (Å²) in [5.41, 5.74) is 0.750. The summed E-state index contributed by atoms with van der Waals surface area (Å²) in [4.78, 5) is 0. The van der Waals surface area contributed by atoms with E-state index in [4.69, 9.17) is 7.85 Å². The van der Waals surface area contributed by atoms with Gasteiger partial charge >= 0.3 is 0 Å². The zero-order valence-electron chi connectivity index (χ0n) is 6.12. The summed E-state index contributed by atoms with van der Waals surface area (Å²) in [5, 5.41) is 0. The molecular formula is C7H10BN2+. The normalized spacial score (nSPS) is 9.70. The van der Waals surface area contributed by atoms with E-state index in [0.29, 0.717) is 0 Å². The Kier molecular flexibility index (Phi) is 1.95. The minimum absolute atomic E-state index is 0.750. The summed E-state index contributed by atoms with van der Waals surface area (Å²) in [6.45, 7) is 4.39. The molecule has 10 heavy (non-hydrogen) atoms. The van der Waals surface area contributed by atoms with Gasteiger partial charge in [-0.3, -0.25) is 0 Å². The zero-order chi connectivity index (χ0) is 7.56. The van der Waals surface area contributed by atoms with Gasteiger partial charge in [0.15, 0.2) is 5.72 Å². The second kappa shape index (κ2) is 2.73. The van der Waals surface area contributed by atoms with Gasteiger partial charge in [0.25, 0.3) is 0 Å². The first-order valence-electron chi connectivity index (χ1n) is 3.17. The maximum atomic E-state index is 5.67. The van der Waals surface area contributed by atoms with Crippen LogP contribution in [0.1, 0.15) is 0 Å². The maximum absolute atomic E-state index is 5.67. The number of imidazole rings is 1. The SMILES string of the molecule is [B]c1n(CC=C)cc[n+]1C. The minimum Gasteiger partial charge on any atom is -0.248 e. The molecule has 0 N–H and O–H groups in total. The molecule has 0 saturated heterocycles. The van der Waals surface area contributed by atoms with Crippen LogP contribution >= 0.6 is 0 Å². The summed E-state index contributed by atoms with van der Waals surface area (Å²) in [6.07, 6.45) is 5.66. The van der Waals surface area contributed by atoms with Gasteiger partial charge in [0.2, 0.25) is 7.85 Å². The lowest BCUT2D eigenvalue weighted by atomic mass is 10.1. The van der Waals surface area contributed by atoms with Crippen molar-refractivity contribution < 1.29 is 4.57 Å². The number of nitrogens with zero attached hydrogens (tertiary/aromatic N) is 2. The van der Waals surface area contributed by atoms with Crippen LogP contribution in [0.4, 0.5) is 0 Å². The van der Waals surface area contributed by atoms with Crippen LogP contribution in [-0.4, -0.2) is 12.4 Å². The molecule has 2 nitrogen and oxygen atoms in total. The molecular weight excluding hydrogens is 123 g/mol. The van der Waals surface area contributed by atoms with Crippen molar-refractivity contribution in [1.82, 2.24) is 4.57 Å². The number of allylic oxidation sites excluding steroid dienone is 1. The number of aromatic nitrogens is 2. The van der Waals surface area contributed by atoms with Crippen molar-refractivity contribution >= 4 is 13.6 Å². The fraction of sp³-hybridized carbons (Fsp3) is 0.286. The molecule has 0 amide bonds. The molecule has 0 atom stereocenters. The van der Waals surface area contributed by atoms with E-state index in [1.807, 2.05) is 34.7 Å². The second-order valence-corrected chi connectivity index (χ2v) is 2.21. The Morgan fingerprint density at radius 3 is 3.00 bits per heavy atom. The van der Waals surface area contributed by atoms with Crippen LogP contribution in [-0.2, 0) is 13.6 Å². The summed E-state index contributed by atoms with van der Waals surface area (Å²) in [6, 6.07) is 0. The van der Waals surface area contributed by atoms with Gasteiger partial charge in [-0.1, -0.05) is 12.7 Å². The lowest BCUT2D eigenvalue weighted by Crippen LogP contribution is -2.46. The Bertz CT molecular complexity index is 240. The molecule has 0 bridgehead atoms. The number of aryl methyl sites for hydroxylation is 1. The van der Waals surface area contributed by atoms with Crippen molar-refractivity contribution in [2.45, 2.75) is 6.54 Å². The Morgan fingerprint density at radius 2 is 2.60 bits per heavy atom. The van der Waals surface area contributed by atoms with Crippen molar-refractivity contribution in [2.75, 3.05) is 0 Å². The van der Waals surface area contributed by atoms with Gasteiger partial charge in [0.1, 0.15) is 18.9 Å². The third-order valence-electron chi connectivity index (χ3n) is 1.45. The molecule has 1 heterocycles. The second-order valence-electron chi connectivity index (χ2n) is 2.21. The van der Waals surface area contributed by atoms with E-state index in [0.717, 1.165) is 12.3 Å². The van der Waals surface area contributed by atoms with E-state index >= 15 is 0 Å². The first-order valence-corrected chi connectivity index (χ1v) is 3.17. The van der Waals surface area contributed by atoms with Crippen molar-refractivity contribution in [3.05, 3.63) is 25.0 Å². The molecule has 50 valence electrons. The van der Waals surface area contributed by atoms with Crippen LogP contribution in [0, 0.1) is 0 Å². The van der Waals surface area contributed by atoms with Crippen molar-refractivity contribution in [2.24, 2.45) is 7.05 Å². The standard InChI is InChI=1S/C7H10BN2/c1-3-4-10-6-5-9(2)7(10)8/h3,5-6H,1,4H2,2H3/q+1. The summed E-state index contributed by atoms with van der Waals surface area (Å²) < 4.78 is 3.79. The lowest BCUT2D eigenvalue weighted by molar-refractivity contribution is -0.652. The molecule has 3 heteroatoms. The van der Waals surface area contributed by atoms with Gasteiger partial charge in [-0.15, -0.1) is 0 Å². The van der Waals surface area contributed by atoms with E-state index in [-0.39, 0.29) is 0 Å². The average Bonchev–Trinajstić information content (AvgIpc) is 2.20. The maximum Gasteiger partial charge on any atom is 0.239 e. The highest BCUT2D eigenvalue weighted by Gasteiger charge is 2.04. The molecule has 0 spiro atoms. The summed E-state index contributed by atoms with van der Waals surface area (Å²) in [5.74, 6) is 0. The van der Waals surface area contributed by atoms with E-state index in [9.17, 15) is 0 Å². The number of rotatable bonds is 2. The van der Waals surface area contributed by atoms with Crippen molar-refractivity contribution in [3.63, 3.8) is 0 Å². The molecule has 2 radical (unpaired) electrons. The molecule has 0 aliphatic rings. The van der Waals surface area contributed by atoms with Gasteiger partial charge in [0.05, 0.1) is 7.05 Å². The van der Waals surface area contributed by atoms with Crippen LogP contribution in [0.25, 0.3) is 0 Å². The van der Waals surface area contributed by atoms with Crippen LogP contribution in [0.3, 0.4) is 0 Å². The predicted octanol–water partition coefficient (Wildman–Crippen LogP) is -0.708. The van der Waals surface area contributed by atoms with Gasteiger partial charge in [0, 0.05) is 0 Å². The van der Waals surface area contributed by atoms with Gasteiger partial charge in [-0.05, 0) is 0 Å². The summed E-state index contributed by atoms with van der Waals surface area (Å²) in [7, 11) is 7.58. The van der Waals surface area contributed by atoms with Crippen LogP contribution in [0.5, 0.6) is 0 Å². The fourth-order valence-corrected chi connectivity index (χ4v) is 0.829. The summed E-state index contributed by atoms with van der Waals surface area (Å²) >= 11 is 0. The first-order chi connectivity index (χ1) is 4.75. The Balaban J connectivity index is 2.93. The monoisotopic (exact) mass is 133 g/mol. The van der Waals surface area contributed by atoms with Crippen LogP contribution in [0.15, 0.2) is 25.0 Å². The van der Waals surface area contributed by atoms with Crippen molar-refractivity contribution in [3.8, 4) is 0 Å². The van der Waals surface area contributed by atoms with Crippen LogP contribution < -0.4 is 10.3 Å². The van der Waals surface area contributed by atoms with Crippen molar-refractivity contribution in [1.29, 1.82) is 0 Å².